The SMILES string of the molecule is CN1/C(=C(\C#N)C(=S)NC2CCCCC2)Nc2ncccc21. The van der Waals surface area contributed by atoms with Crippen LogP contribution in [0, 0.1) is 11.3 Å². The summed E-state index contributed by atoms with van der Waals surface area (Å²) in [5.74, 6) is 1.46. The molecule has 114 valence electrons. The third-order valence-electron chi connectivity index (χ3n) is 4.24. The first-order valence-electron chi connectivity index (χ1n) is 7.61. The number of thiocarbonyl (C=S) groups is 1. The molecule has 0 radical (unpaired) electrons. The fourth-order valence-electron chi connectivity index (χ4n) is 3.03. The zero-order chi connectivity index (χ0) is 15.5. The Morgan fingerprint density at radius 2 is 2.23 bits per heavy atom. The molecule has 2 N–H and O–H groups in total. The molecular weight excluding hydrogens is 294 g/mol. The minimum Gasteiger partial charge on any atom is -0.372 e. The number of nitrogens with zero attached hydrogens (tertiary/aromatic N) is 3. The first kappa shape index (κ1) is 14.8. The number of pyridine rings is 1. The van der Waals surface area contributed by atoms with Gasteiger partial charge in [0.25, 0.3) is 0 Å². The van der Waals surface area contributed by atoms with Crippen LogP contribution in [0.25, 0.3) is 0 Å². The maximum atomic E-state index is 9.56. The maximum absolute atomic E-state index is 9.56. The van der Waals surface area contributed by atoms with Gasteiger partial charge in [-0.05, 0) is 25.0 Å². The number of fused-ring (bicyclic) bond motifs is 1. The van der Waals surface area contributed by atoms with Crippen molar-refractivity contribution in [2.75, 3.05) is 17.3 Å². The van der Waals surface area contributed by atoms with Gasteiger partial charge in [0.05, 0.1) is 5.69 Å². The summed E-state index contributed by atoms with van der Waals surface area (Å²) in [5.41, 5.74) is 1.42. The Kier molecular flexibility index (Phi) is 4.25. The lowest BCUT2D eigenvalue weighted by Crippen LogP contribution is -2.37. The standard InChI is InChI=1S/C16H19N5S/c1-21-13-8-5-9-18-14(13)20-15(21)12(10-17)16(22)19-11-6-3-2-4-7-11/h5,8-9,11H,2-4,6-7H2,1H3,(H,18,20)(H,19,22)/b15-12+. The molecule has 1 saturated carbocycles. The predicted molar refractivity (Wildman–Crippen MR) is 91.5 cm³/mol. The zero-order valence-corrected chi connectivity index (χ0v) is 13.4. The summed E-state index contributed by atoms with van der Waals surface area (Å²) in [4.78, 5) is 6.74. The van der Waals surface area contributed by atoms with Crippen LogP contribution in [0.1, 0.15) is 32.1 Å². The van der Waals surface area contributed by atoms with Crippen molar-refractivity contribution in [2.45, 2.75) is 38.1 Å². The van der Waals surface area contributed by atoms with Crippen LogP contribution in [0.15, 0.2) is 29.7 Å². The molecule has 22 heavy (non-hydrogen) atoms. The predicted octanol–water partition coefficient (Wildman–Crippen LogP) is 2.93. The first-order valence-corrected chi connectivity index (χ1v) is 8.02. The van der Waals surface area contributed by atoms with Crippen molar-refractivity contribution >= 4 is 28.7 Å². The average Bonchev–Trinajstić information content (AvgIpc) is 2.87. The molecule has 1 aliphatic carbocycles. The largest absolute Gasteiger partial charge is 0.372 e. The fraction of sp³-hybridized carbons (Fsp3) is 0.438. The Bertz CT molecular complexity index is 655. The van der Waals surface area contributed by atoms with E-state index < -0.39 is 0 Å². The molecule has 5 nitrogen and oxygen atoms in total. The van der Waals surface area contributed by atoms with E-state index in [0.29, 0.717) is 22.4 Å². The molecule has 0 aromatic carbocycles. The van der Waals surface area contributed by atoms with Crippen molar-refractivity contribution in [3.8, 4) is 6.07 Å². The van der Waals surface area contributed by atoms with Gasteiger partial charge in [0, 0.05) is 19.3 Å². The molecule has 0 saturated heterocycles. The van der Waals surface area contributed by atoms with Crippen LogP contribution in [0.3, 0.4) is 0 Å². The molecule has 1 aromatic rings. The summed E-state index contributed by atoms with van der Waals surface area (Å²) in [6.07, 6.45) is 7.73. The van der Waals surface area contributed by atoms with E-state index in [2.05, 4.69) is 21.7 Å². The van der Waals surface area contributed by atoms with Gasteiger partial charge in [-0.25, -0.2) is 4.98 Å². The smallest absolute Gasteiger partial charge is 0.155 e. The van der Waals surface area contributed by atoms with Crippen molar-refractivity contribution in [3.05, 3.63) is 29.7 Å². The fourth-order valence-corrected chi connectivity index (χ4v) is 3.34. The van der Waals surface area contributed by atoms with Crippen LogP contribution in [0.5, 0.6) is 0 Å². The highest BCUT2D eigenvalue weighted by Crippen LogP contribution is 2.34. The lowest BCUT2D eigenvalue weighted by Gasteiger charge is -2.24. The van der Waals surface area contributed by atoms with Crippen molar-refractivity contribution in [1.29, 1.82) is 5.26 Å². The number of aromatic nitrogens is 1. The number of nitriles is 1. The Hall–Kier alpha value is -2.13. The Morgan fingerprint density at radius 3 is 2.91 bits per heavy atom. The number of anilines is 2. The first-order chi connectivity index (χ1) is 10.7. The topological polar surface area (TPSA) is 64.0 Å². The molecular formula is C16H19N5S. The molecule has 1 fully saturated rings. The second-order valence-corrected chi connectivity index (χ2v) is 6.11. The van der Waals surface area contributed by atoms with Crippen molar-refractivity contribution < 1.29 is 0 Å². The second kappa shape index (κ2) is 6.32. The van der Waals surface area contributed by atoms with E-state index in [-0.39, 0.29) is 0 Å². The number of rotatable bonds is 2. The van der Waals surface area contributed by atoms with E-state index in [4.69, 9.17) is 12.2 Å². The van der Waals surface area contributed by atoms with Gasteiger partial charge < -0.3 is 15.5 Å². The Morgan fingerprint density at radius 1 is 1.45 bits per heavy atom. The van der Waals surface area contributed by atoms with Crippen LogP contribution >= 0.6 is 12.2 Å². The molecule has 0 amide bonds. The van der Waals surface area contributed by atoms with E-state index in [0.717, 1.165) is 24.3 Å². The van der Waals surface area contributed by atoms with E-state index >= 15 is 0 Å². The molecule has 0 unspecified atom stereocenters. The summed E-state index contributed by atoms with van der Waals surface area (Å²) in [6, 6.07) is 6.48. The monoisotopic (exact) mass is 313 g/mol. The summed E-state index contributed by atoms with van der Waals surface area (Å²) < 4.78 is 0. The highest BCUT2D eigenvalue weighted by molar-refractivity contribution is 7.80. The van der Waals surface area contributed by atoms with E-state index in [1.165, 1.54) is 19.3 Å². The van der Waals surface area contributed by atoms with Gasteiger partial charge in [-0.3, -0.25) is 0 Å². The third-order valence-corrected chi connectivity index (χ3v) is 4.56. The molecule has 2 heterocycles. The zero-order valence-electron chi connectivity index (χ0n) is 12.6. The summed E-state index contributed by atoms with van der Waals surface area (Å²) >= 11 is 5.48. The molecule has 0 bridgehead atoms. The maximum Gasteiger partial charge on any atom is 0.155 e. The van der Waals surface area contributed by atoms with Crippen molar-refractivity contribution in [3.63, 3.8) is 0 Å². The van der Waals surface area contributed by atoms with Crippen LogP contribution in [0.4, 0.5) is 11.5 Å². The molecule has 2 aliphatic rings. The number of hydrogen-bond donors (Lipinski definition) is 2. The van der Waals surface area contributed by atoms with Crippen molar-refractivity contribution in [1.82, 2.24) is 10.3 Å². The molecule has 0 atom stereocenters. The third kappa shape index (κ3) is 2.77. The molecule has 1 aliphatic heterocycles. The van der Waals surface area contributed by atoms with Crippen LogP contribution < -0.4 is 15.5 Å². The minimum atomic E-state index is 0.386. The number of nitrogens with one attached hydrogen (secondary N) is 2. The van der Waals surface area contributed by atoms with E-state index in [1.54, 1.807) is 6.20 Å². The van der Waals surface area contributed by atoms with Gasteiger partial charge in [-0.1, -0.05) is 31.5 Å². The van der Waals surface area contributed by atoms with Gasteiger partial charge in [0.2, 0.25) is 0 Å². The van der Waals surface area contributed by atoms with Gasteiger partial charge in [-0.2, -0.15) is 5.26 Å². The molecule has 3 rings (SSSR count). The molecule has 0 spiro atoms. The van der Waals surface area contributed by atoms with E-state index in [1.807, 2.05) is 24.1 Å². The average molecular weight is 313 g/mol. The van der Waals surface area contributed by atoms with Crippen LogP contribution in [-0.2, 0) is 0 Å². The highest BCUT2D eigenvalue weighted by Gasteiger charge is 2.27. The normalized spacial score (nSPS) is 19.9. The minimum absolute atomic E-state index is 0.386. The summed E-state index contributed by atoms with van der Waals surface area (Å²) in [6.45, 7) is 0. The second-order valence-electron chi connectivity index (χ2n) is 5.70. The van der Waals surface area contributed by atoms with Gasteiger partial charge in [0.1, 0.15) is 22.5 Å². The lowest BCUT2D eigenvalue weighted by atomic mass is 9.95. The Labute approximate surface area is 136 Å². The van der Waals surface area contributed by atoms with Gasteiger partial charge in [0.15, 0.2) is 5.82 Å². The van der Waals surface area contributed by atoms with Crippen LogP contribution in [-0.4, -0.2) is 23.1 Å². The van der Waals surface area contributed by atoms with Gasteiger partial charge in [-0.15, -0.1) is 0 Å². The Balaban J connectivity index is 1.82. The molecule has 6 heteroatoms. The molecule has 1 aromatic heterocycles. The van der Waals surface area contributed by atoms with E-state index in [9.17, 15) is 5.26 Å². The lowest BCUT2D eigenvalue weighted by molar-refractivity contribution is 0.415. The summed E-state index contributed by atoms with van der Waals surface area (Å²) in [5, 5.41) is 16.1. The quantitative estimate of drug-likeness (QED) is 0.497. The van der Waals surface area contributed by atoms with Gasteiger partial charge >= 0.3 is 0 Å². The van der Waals surface area contributed by atoms with Crippen molar-refractivity contribution in [2.24, 2.45) is 0 Å². The highest BCUT2D eigenvalue weighted by atomic mass is 32.1. The summed E-state index contributed by atoms with van der Waals surface area (Å²) in [7, 11) is 1.91. The van der Waals surface area contributed by atoms with Crippen LogP contribution in [0.2, 0.25) is 0 Å². The number of hydrogen-bond acceptors (Lipinski definition) is 5.